The van der Waals surface area contributed by atoms with Crippen molar-refractivity contribution in [1.82, 2.24) is 19.4 Å². The largest absolute Gasteiger partial charge is 0.497 e. The Hall–Kier alpha value is -5.29. The van der Waals surface area contributed by atoms with Crippen LogP contribution in [0, 0.1) is 0 Å². The summed E-state index contributed by atoms with van der Waals surface area (Å²) < 4.78 is 13.8. The van der Waals surface area contributed by atoms with E-state index in [2.05, 4.69) is 20.9 Å². The number of nitrogens with zero attached hydrogens (tertiary/aromatic N) is 3. The Labute approximate surface area is 263 Å². The molecule has 11 nitrogen and oxygen atoms in total. The normalized spacial score (nSPS) is 11.3. The summed E-state index contributed by atoms with van der Waals surface area (Å²) in [7, 11) is 10.6. The number of carbonyl (C=O) groups is 3. The average molecular weight is 613 g/mol. The molecule has 0 saturated heterocycles. The summed E-state index contributed by atoms with van der Waals surface area (Å²) in [6, 6.07) is 17.8. The monoisotopic (exact) mass is 612 g/mol. The van der Waals surface area contributed by atoms with Crippen molar-refractivity contribution in [3.05, 3.63) is 95.6 Å². The molecule has 3 amide bonds. The first kappa shape index (κ1) is 32.6. The highest BCUT2D eigenvalue weighted by Crippen LogP contribution is 2.25. The van der Waals surface area contributed by atoms with Gasteiger partial charge in [-0.2, -0.15) is 0 Å². The number of rotatable bonds is 13. The summed E-state index contributed by atoms with van der Waals surface area (Å²) >= 11 is 0. The van der Waals surface area contributed by atoms with Gasteiger partial charge in [-0.1, -0.05) is 24.3 Å². The Morgan fingerprint density at radius 2 is 1.31 bits per heavy atom. The molecule has 2 aromatic heterocycles. The Morgan fingerprint density at radius 1 is 0.778 bits per heavy atom. The Morgan fingerprint density at radius 3 is 1.87 bits per heavy atom. The van der Waals surface area contributed by atoms with E-state index in [-0.39, 0.29) is 17.7 Å². The van der Waals surface area contributed by atoms with Gasteiger partial charge in [0.1, 0.15) is 22.9 Å². The van der Waals surface area contributed by atoms with Crippen molar-refractivity contribution in [2.24, 2.45) is 14.1 Å². The van der Waals surface area contributed by atoms with Gasteiger partial charge in [0, 0.05) is 38.6 Å². The van der Waals surface area contributed by atoms with Crippen molar-refractivity contribution in [1.29, 1.82) is 0 Å². The minimum absolute atomic E-state index is 0.212. The third-order valence-electron chi connectivity index (χ3n) is 7.13. The molecule has 3 N–H and O–H groups in total. The fourth-order valence-corrected chi connectivity index (χ4v) is 4.72. The molecule has 0 unspecified atom stereocenters. The van der Waals surface area contributed by atoms with Gasteiger partial charge in [-0.05, 0) is 80.7 Å². The van der Waals surface area contributed by atoms with E-state index in [9.17, 15) is 14.4 Å². The van der Waals surface area contributed by atoms with Crippen molar-refractivity contribution in [3.63, 3.8) is 0 Å². The molecule has 0 aliphatic heterocycles. The van der Waals surface area contributed by atoms with Gasteiger partial charge in [0.2, 0.25) is 0 Å². The maximum atomic E-state index is 13.6. The highest BCUT2D eigenvalue weighted by Gasteiger charge is 2.19. The van der Waals surface area contributed by atoms with Crippen LogP contribution < -0.4 is 25.4 Å². The van der Waals surface area contributed by atoms with E-state index in [1.165, 1.54) is 0 Å². The first-order valence-electron chi connectivity index (χ1n) is 14.5. The number of amides is 3. The maximum Gasteiger partial charge on any atom is 0.272 e. The van der Waals surface area contributed by atoms with Crippen LogP contribution in [-0.2, 0) is 18.9 Å². The highest BCUT2D eigenvalue weighted by atomic mass is 16.5. The lowest BCUT2D eigenvalue weighted by atomic mass is 10.0. The van der Waals surface area contributed by atoms with Gasteiger partial charge in [0.15, 0.2) is 0 Å². The van der Waals surface area contributed by atoms with E-state index in [0.29, 0.717) is 51.9 Å². The fourth-order valence-electron chi connectivity index (χ4n) is 4.72. The predicted molar refractivity (Wildman–Crippen MR) is 177 cm³/mol. The van der Waals surface area contributed by atoms with Crippen molar-refractivity contribution in [3.8, 4) is 11.5 Å². The minimum atomic E-state index is -0.384. The number of methoxy groups -OCH3 is 2. The molecule has 236 valence electrons. The quantitative estimate of drug-likeness (QED) is 0.116. The summed E-state index contributed by atoms with van der Waals surface area (Å²) in [4.78, 5) is 41.5. The lowest BCUT2D eigenvalue weighted by Gasteiger charge is -2.10. The average Bonchev–Trinajstić information content (AvgIpc) is 3.58. The minimum Gasteiger partial charge on any atom is -0.497 e. The van der Waals surface area contributed by atoms with Crippen molar-refractivity contribution in [2.45, 2.75) is 6.42 Å². The third kappa shape index (κ3) is 8.64. The molecule has 4 aromatic rings. The number of aromatic nitrogens is 2. The summed E-state index contributed by atoms with van der Waals surface area (Å²) in [6.07, 6.45) is 5.98. The van der Waals surface area contributed by atoms with E-state index >= 15 is 0 Å². The molecule has 2 heterocycles. The van der Waals surface area contributed by atoms with Gasteiger partial charge in [-0.15, -0.1) is 0 Å². The standard InChI is InChI=1S/C34H40N6O5/c1-38(2)17-7-16-35-33(42)30-19-26(22-39(30)3)37-34(43)31-20-25(21-40(31)4)36-32(41)29(24-10-14-28(45-6)15-11-24)18-23-8-12-27(44-5)13-9-23/h8-15,18-22H,7,16-17H2,1-6H3,(H,35,42)(H,36,41)(H,37,43)/b29-18+. The van der Waals surface area contributed by atoms with E-state index < -0.39 is 0 Å². The number of hydrogen-bond donors (Lipinski definition) is 3. The molecule has 0 aliphatic carbocycles. The van der Waals surface area contributed by atoms with Gasteiger partial charge in [-0.3, -0.25) is 14.4 Å². The molecule has 2 aromatic carbocycles. The highest BCUT2D eigenvalue weighted by molar-refractivity contribution is 6.29. The second-order valence-electron chi connectivity index (χ2n) is 10.8. The summed E-state index contributed by atoms with van der Waals surface area (Å²) in [5.74, 6) is 0.440. The van der Waals surface area contributed by atoms with Crippen LogP contribution in [0.1, 0.15) is 38.5 Å². The van der Waals surface area contributed by atoms with Crippen LogP contribution in [0.2, 0.25) is 0 Å². The molecule has 0 atom stereocenters. The van der Waals surface area contributed by atoms with Crippen LogP contribution >= 0.6 is 0 Å². The molecular weight excluding hydrogens is 572 g/mol. The first-order chi connectivity index (χ1) is 21.6. The lowest BCUT2D eigenvalue weighted by Crippen LogP contribution is -2.28. The molecule has 11 heteroatoms. The number of aryl methyl sites for hydroxylation is 2. The number of ether oxygens (including phenoxy) is 2. The fraction of sp³-hybridized carbons (Fsp3) is 0.265. The van der Waals surface area contributed by atoms with Crippen LogP contribution in [0.4, 0.5) is 11.4 Å². The first-order valence-corrected chi connectivity index (χ1v) is 14.5. The zero-order valence-electron chi connectivity index (χ0n) is 26.5. The van der Waals surface area contributed by atoms with Crippen molar-refractivity contribution < 1.29 is 23.9 Å². The van der Waals surface area contributed by atoms with Gasteiger partial charge >= 0.3 is 0 Å². The molecule has 0 fully saturated rings. The van der Waals surface area contributed by atoms with Crippen LogP contribution in [0.5, 0.6) is 11.5 Å². The molecule has 0 aliphatic rings. The van der Waals surface area contributed by atoms with Crippen molar-refractivity contribution in [2.75, 3.05) is 52.0 Å². The van der Waals surface area contributed by atoms with Gasteiger partial charge in [-0.25, -0.2) is 0 Å². The van der Waals surface area contributed by atoms with E-state index in [1.54, 1.807) is 80.2 Å². The molecule has 0 spiro atoms. The summed E-state index contributed by atoms with van der Waals surface area (Å²) in [6.45, 7) is 1.42. The van der Waals surface area contributed by atoms with Gasteiger partial charge in [0.25, 0.3) is 17.7 Å². The van der Waals surface area contributed by atoms with E-state index in [1.807, 2.05) is 50.5 Å². The lowest BCUT2D eigenvalue weighted by molar-refractivity contribution is -0.111. The SMILES string of the molecule is COc1ccc(/C=C(/C(=O)Nc2cc(C(=O)Nc3cc(C(=O)NCCCN(C)C)n(C)c3)n(C)c2)c2ccc(OC)cc2)cc1. The number of nitrogens with one attached hydrogen (secondary N) is 3. The van der Waals surface area contributed by atoms with Crippen LogP contribution in [0.3, 0.4) is 0 Å². The predicted octanol–water partition coefficient (Wildman–Crippen LogP) is 4.49. The van der Waals surface area contributed by atoms with Gasteiger partial charge in [0.05, 0.1) is 25.6 Å². The summed E-state index contributed by atoms with van der Waals surface area (Å²) in [5.41, 5.74) is 3.63. The topological polar surface area (TPSA) is 119 Å². The van der Waals surface area contributed by atoms with Crippen LogP contribution in [0.15, 0.2) is 73.1 Å². The molecule has 0 bridgehead atoms. The molecule has 4 rings (SSSR count). The van der Waals surface area contributed by atoms with Crippen LogP contribution in [-0.4, -0.2) is 73.2 Å². The maximum absolute atomic E-state index is 13.6. The van der Waals surface area contributed by atoms with Gasteiger partial charge < -0.3 is 39.5 Å². The zero-order chi connectivity index (χ0) is 32.5. The third-order valence-corrected chi connectivity index (χ3v) is 7.13. The van der Waals surface area contributed by atoms with E-state index in [4.69, 9.17) is 9.47 Å². The molecule has 0 radical (unpaired) electrons. The van der Waals surface area contributed by atoms with Crippen LogP contribution in [0.25, 0.3) is 11.6 Å². The summed E-state index contributed by atoms with van der Waals surface area (Å²) in [5, 5.41) is 8.69. The zero-order valence-corrected chi connectivity index (χ0v) is 26.5. The number of benzene rings is 2. The molecule has 45 heavy (non-hydrogen) atoms. The number of anilines is 2. The number of hydrogen-bond acceptors (Lipinski definition) is 6. The molecular formula is C34H40N6O5. The second-order valence-corrected chi connectivity index (χ2v) is 10.8. The van der Waals surface area contributed by atoms with E-state index in [0.717, 1.165) is 18.5 Å². The molecule has 0 saturated carbocycles. The van der Waals surface area contributed by atoms with Crippen molar-refractivity contribution >= 4 is 40.7 Å². The second kappa shape index (κ2) is 14.9. The smallest absolute Gasteiger partial charge is 0.272 e. The number of carbonyl (C=O) groups excluding carboxylic acids is 3. The Bertz CT molecular complexity index is 1670. The Balaban J connectivity index is 1.48. The Kier molecular flexibility index (Phi) is 10.8.